The fourth-order valence-corrected chi connectivity index (χ4v) is 2.82. The molecule has 1 aromatic heterocycles. The van der Waals surface area contributed by atoms with Crippen LogP contribution in [0.15, 0.2) is 24.0 Å². The number of hydrogen-bond donors (Lipinski definition) is 1. The Morgan fingerprint density at radius 2 is 2.26 bits per heavy atom. The van der Waals surface area contributed by atoms with Crippen LogP contribution in [0.4, 0.5) is 0 Å². The van der Waals surface area contributed by atoms with Gasteiger partial charge in [0.25, 0.3) is 0 Å². The summed E-state index contributed by atoms with van der Waals surface area (Å²) in [7, 11) is 0. The van der Waals surface area contributed by atoms with Gasteiger partial charge in [0.05, 0.1) is 6.20 Å². The number of aryl methyl sites for hydroxylation is 1. The summed E-state index contributed by atoms with van der Waals surface area (Å²) >= 11 is 0. The van der Waals surface area contributed by atoms with Gasteiger partial charge in [-0.25, -0.2) is 0 Å². The van der Waals surface area contributed by atoms with Crippen molar-refractivity contribution < 1.29 is 0 Å². The molecule has 0 aromatic carbocycles. The molecule has 19 heavy (non-hydrogen) atoms. The highest BCUT2D eigenvalue weighted by Crippen LogP contribution is 2.27. The maximum absolute atomic E-state index is 4.46. The molecule has 1 heterocycles. The summed E-state index contributed by atoms with van der Waals surface area (Å²) in [6.07, 6.45) is 14.2. The Morgan fingerprint density at radius 3 is 2.95 bits per heavy atom. The molecule has 1 aliphatic rings. The summed E-state index contributed by atoms with van der Waals surface area (Å²) in [4.78, 5) is 0. The average molecular weight is 261 g/mol. The van der Waals surface area contributed by atoms with E-state index in [1.54, 1.807) is 5.57 Å². The fraction of sp³-hybridized carbons (Fsp3) is 0.688. The summed E-state index contributed by atoms with van der Waals surface area (Å²) in [5.74, 6) is 0. The Bertz CT molecular complexity index is 406. The first-order chi connectivity index (χ1) is 9.33. The Kier molecular flexibility index (Phi) is 5.64. The highest BCUT2D eigenvalue weighted by Gasteiger charge is 2.15. The number of rotatable bonds is 7. The number of nitrogens with zero attached hydrogens (tertiary/aromatic N) is 2. The van der Waals surface area contributed by atoms with Gasteiger partial charge in [-0.2, -0.15) is 5.10 Å². The Balaban J connectivity index is 2.02. The maximum atomic E-state index is 4.46. The zero-order valence-corrected chi connectivity index (χ0v) is 12.4. The molecule has 0 fully saturated rings. The van der Waals surface area contributed by atoms with E-state index < -0.39 is 0 Å². The smallest absolute Gasteiger partial charge is 0.0537 e. The second kappa shape index (κ2) is 7.49. The van der Waals surface area contributed by atoms with Crippen molar-refractivity contribution in [3.63, 3.8) is 0 Å². The second-order valence-electron chi connectivity index (χ2n) is 5.46. The predicted octanol–water partition coefficient (Wildman–Crippen LogP) is 3.83. The molecule has 1 atom stereocenters. The number of allylic oxidation sites excluding steroid dienone is 1. The van der Waals surface area contributed by atoms with Crippen molar-refractivity contribution in [2.45, 2.75) is 65.0 Å². The lowest BCUT2D eigenvalue weighted by atomic mass is 9.92. The van der Waals surface area contributed by atoms with Crippen LogP contribution in [0, 0.1) is 0 Å². The summed E-state index contributed by atoms with van der Waals surface area (Å²) in [5, 5.41) is 8.07. The molecule has 2 rings (SSSR count). The van der Waals surface area contributed by atoms with Crippen LogP contribution in [0.2, 0.25) is 0 Å². The van der Waals surface area contributed by atoms with E-state index in [-0.39, 0.29) is 0 Å². The SMILES string of the molecule is CCCn1cc(C(CC2=CCCCC2)NCC)cn1. The third kappa shape index (κ3) is 4.20. The predicted molar refractivity (Wildman–Crippen MR) is 80.1 cm³/mol. The lowest BCUT2D eigenvalue weighted by molar-refractivity contribution is 0.526. The zero-order chi connectivity index (χ0) is 13.5. The van der Waals surface area contributed by atoms with Crippen molar-refractivity contribution in [3.8, 4) is 0 Å². The van der Waals surface area contributed by atoms with Gasteiger partial charge in [0.1, 0.15) is 0 Å². The quantitative estimate of drug-likeness (QED) is 0.756. The van der Waals surface area contributed by atoms with E-state index in [1.165, 1.54) is 31.2 Å². The fourth-order valence-electron chi connectivity index (χ4n) is 2.82. The van der Waals surface area contributed by atoms with Crippen LogP contribution in [0.25, 0.3) is 0 Å². The molecule has 0 aliphatic heterocycles. The number of aromatic nitrogens is 2. The van der Waals surface area contributed by atoms with Gasteiger partial charge >= 0.3 is 0 Å². The van der Waals surface area contributed by atoms with Gasteiger partial charge in [0, 0.05) is 24.3 Å². The summed E-state index contributed by atoms with van der Waals surface area (Å²) < 4.78 is 2.06. The third-order valence-corrected chi connectivity index (χ3v) is 3.81. The number of hydrogen-bond acceptors (Lipinski definition) is 2. The van der Waals surface area contributed by atoms with Crippen LogP contribution in [-0.2, 0) is 6.54 Å². The van der Waals surface area contributed by atoms with Crippen LogP contribution in [0.3, 0.4) is 0 Å². The van der Waals surface area contributed by atoms with Crippen LogP contribution in [0.1, 0.15) is 64.0 Å². The first kappa shape index (κ1) is 14.3. The van der Waals surface area contributed by atoms with E-state index >= 15 is 0 Å². The molecule has 0 bridgehead atoms. The molecule has 0 saturated heterocycles. The summed E-state index contributed by atoms with van der Waals surface area (Å²) in [6, 6.07) is 0.431. The van der Waals surface area contributed by atoms with Crippen LogP contribution < -0.4 is 5.32 Å². The van der Waals surface area contributed by atoms with Crippen molar-refractivity contribution in [2.75, 3.05) is 6.54 Å². The van der Waals surface area contributed by atoms with Gasteiger partial charge in [-0.15, -0.1) is 0 Å². The molecular weight excluding hydrogens is 234 g/mol. The minimum absolute atomic E-state index is 0.431. The molecule has 1 aliphatic carbocycles. The topological polar surface area (TPSA) is 29.9 Å². The molecule has 106 valence electrons. The van der Waals surface area contributed by atoms with Crippen LogP contribution in [-0.4, -0.2) is 16.3 Å². The monoisotopic (exact) mass is 261 g/mol. The van der Waals surface area contributed by atoms with E-state index in [0.29, 0.717) is 6.04 Å². The zero-order valence-electron chi connectivity index (χ0n) is 12.4. The van der Waals surface area contributed by atoms with Crippen molar-refractivity contribution in [2.24, 2.45) is 0 Å². The summed E-state index contributed by atoms with van der Waals surface area (Å²) in [5.41, 5.74) is 2.96. The van der Waals surface area contributed by atoms with E-state index in [0.717, 1.165) is 25.9 Å². The molecule has 0 spiro atoms. The van der Waals surface area contributed by atoms with E-state index in [2.05, 4.69) is 41.2 Å². The third-order valence-electron chi connectivity index (χ3n) is 3.81. The molecule has 1 unspecified atom stereocenters. The molecule has 3 heteroatoms. The largest absolute Gasteiger partial charge is 0.310 e. The van der Waals surface area contributed by atoms with Gasteiger partial charge in [0.15, 0.2) is 0 Å². The minimum Gasteiger partial charge on any atom is -0.310 e. The van der Waals surface area contributed by atoms with Crippen molar-refractivity contribution in [1.29, 1.82) is 0 Å². The van der Waals surface area contributed by atoms with Crippen molar-refractivity contribution in [1.82, 2.24) is 15.1 Å². The van der Waals surface area contributed by atoms with Crippen LogP contribution in [0.5, 0.6) is 0 Å². The van der Waals surface area contributed by atoms with E-state index in [1.807, 2.05) is 6.20 Å². The van der Waals surface area contributed by atoms with E-state index in [4.69, 9.17) is 0 Å². The lowest BCUT2D eigenvalue weighted by Crippen LogP contribution is -2.21. The normalized spacial score (nSPS) is 17.3. The Hall–Kier alpha value is -1.09. The van der Waals surface area contributed by atoms with Gasteiger partial charge in [-0.05, 0) is 45.1 Å². The highest BCUT2D eigenvalue weighted by atomic mass is 15.3. The maximum Gasteiger partial charge on any atom is 0.0537 e. The molecule has 1 N–H and O–H groups in total. The first-order valence-corrected chi connectivity index (χ1v) is 7.77. The molecule has 0 radical (unpaired) electrons. The molecular formula is C16H27N3. The van der Waals surface area contributed by atoms with Crippen LogP contribution >= 0.6 is 0 Å². The van der Waals surface area contributed by atoms with Crippen molar-refractivity contribution in [3.05, 3.63) is 29.6 Å². The Morgan fingerprint density at radius 1 is 1.37 bits per heavy atom. The van der Waals surface area contributed by atoms with Gasteiger partial charge in [0.2, 0.25) is 0 Å². The van der Waals surface area contributed by atoms with Crippen molar-refractivity contribution >= 4 is 0 Å². The van der Waals surface area contributed by atoms with Gasteiger partial charge < -0.3 is 5.32 Å². The molecule has 0 saturated carbocycles. The molecule has 1 aromatic rings. The van der Waals surface area contributed by atoms with Gasteiger partial charge in [-0.3, -0.25) is 4.68 Å². The average Bonchev–Trinajstić information content (AvgIpc) is 2.88. The summed E-state index contributed by atoms with van der Waals surface area (Å²) in [6.45, 7) is 6.40. The standard InChI is InChI=1S/C16H27N3/c1-3-10-19-13-15(12-18-19)16(17-4-2)11-14-8-6-5-7-9-14/h8,12-13,16-17H,3-7,9-11H2,1-2H3. The van der Waals surface area contributed by atoms with E-state index in [9.17, 15) is 0 Å². The second-order valence-corrected chi connectivity index (χ2v) is 5.46. The molecule has 0 amide bonds. The Labute approximate surface area is 117 Å². The first-order valence-electron chi connectivity index (χ1n) is 7.77. The number of nitrogens with one attached hydrogen (secondary N) is 1. The highest BCUT2D eigenvalue weighted by molar-refractivity contribution is 5.16. The molecule has 3 nitrogen and oxygen atoms in total. The minimum atomic E-state index is 0.431. The van der Waals surface area contributed by atoms with Gasteiger partial charge in [-0.1, -0.05) is 25.5 Å². The lowest BCUT2D eigenvalue weighted by Gasteiger charge is -2.20.